The first-order valence-corrected chi connectivity index (χ1v) is 10.8. The average Bonchev–Trinajstić information content (AvgIpc) is 3.16. The fourth-order valence-electron chi connectivity index (χ4n) is 3.89. The molecule has 1 saturated carbocycles. The lowest BCUT2D eigenvalue weighted by atomic mass is 9.98. The van der Waals surface area contributed by atoms with E-state index in [2.05, 4.69) is 25.5 Å². The van der Waals surface area contributed by atoms with Gasteiger partial charge in [-0.25, -0.2) is 13.8 Å². The van der Waals surface area contributed by atoms with E-state index in [-0.39, 0.29) is 40.0 Å². The topological polar surface area (TPSA) is 117 Å². The number of rotatable bonds is 5. The lowest BCUT2D eigenvalue weighted by molar-refractivity contribution is -0.174. The number of carbonyl (C=O) groups excluding carboxylic acids is 2. The van der Waals surface area contributed by atoms with Crippen LogP contribution in [0.1, 0.15) is 24.9 Å². The summed E-state index contributed by atoms with van der Waals surface area (Å²) >= 11 is 6.31. The van der Waals surface area contributed by atoms with Gasteiger partial charge >= 0.3 is 12.1 Å². The SMILES string of the molecule is C[C@H](NC(=O)C(F)(F)F)c1c(F)c(Cl)c(-c2cn3cc(NC(=O)C4CC4F)nc3cn2)c2cn[nH]c12. The van der Waals surface area contributed by atoms with Gasteiger partial charge in [0.25, 0.3) is 0 Å². The highest BCUT2D eigenvalue weighted by atomic mass is 35.5. The molecule has 3 N–H and O–H groups in total. The zero-order valence-electron chi connectivity index (χ0n) is 18.1. The number of hydrogen-bond donors (Lipinski definition) is 3. The molecule has 3 heterocycles. The van der Waals surface area contributed by atoms with Crippen LogP contribution in [0.4, 0.5) is 27.8 Å². The Labute approximate surface area is 203 Å². The number of aromatic amines is 1. The standard InChI is InChI=1S/C21H15ClF5N7O2/c1-7(30-20(36)21(25,26)27)14-17(24)16(22)15(9-3-29-33-18(9)14)11-5-34-6-12(31-13(34)4-28-11)32-19(35)8-2-10(8)23/h3-8,10H,2H2,1H3,(H,29,33)(H,30,36)(H,32,35)/t7-,8?,10?/m0/s1. The van der Waals surface area contributed by atoms with Crippen LogP contribution in [0, 0.1) is 11.7 Å². The fourth-order valence-corrected chi connectivity index (χ4v) is 4.19. The van der Waals surface area contributed by atoms with E-state index in [1.807, 2.05) is 0 Å². The summed E-state index contributed by atoms with van der Waals surface area (Å²) in [6.45, 7) is 1.18. The predicted octanol–water partition coefficient (Wildman–Crippen LogP) is 4.10. The number of hydrogen-bond acceptors (Lipinski definition) is 5. The van der Waals surface area contributed by atoms with Crippen LogP contribution in [0.2, 0.25) is 5.02 Å². The number of H-pyrrole nitrogens is 1. The number of imidazole rings is 1. The minimum absolute atomic E-state index is 0.0209. The lowest BCUT2D eigenvalue weighted by Crippen LogP contribution is -2.38. The highest BCUT2D eigenvalue weighted by Crippen LogP contribution is 2.40. The van der Waals surface area contributed by atoms with Gasteiger partial charge in [0.15, 0.2) is 11.5 Å². The summed E-state index contributed by atoms with van der Waals surface area (Å²) < 4.78 is 68.1. The Bertz CT molecular complexity index is 1530. The first kappa shape index (κ1) is 23.9. The summed E-state index contributed by atoms with van der Waals surface area (Å²) in [7, 11) is 0. The van der Waals surface area contributed by atoms with Crippen molar-refractivity contribution in [1.82, 2.24) is 29.9 Å². The Morgan fingerprint density at radius 2 is 2.00 bits per heavy atom. The number of alkyl halides is 4. The van der Waals surface area contributed by atoms with E-state index in [1.54, 1.807) is 5.32 Å². The van der Waals surface area contributed by atoms with Gasteiger partial charge < -0.3 is 15.0 Å². The molecule has 0 aliphatic heterocycles. The molecule has 15 heteroatoms. The Hall–Kier alpha value is -3.81. The van der Waals surface area contributed by atoms with Crippen molar-refractivity contribution in [2.24, 2.45) is 5.92 Å². The summed E-state index contributed by atoms with van der Waals surface area (Å²) in [6, 6.07) is -1.40. The second-order valence-electron chi connectivity index (χ2n) is 8.28. The molecule has 5 rings (SSSR count). The molecule has 3 atom stereocenters. The van der Waals surface area contributed by atoms with Crippen molar-refractivity contribution >= 4 is 45.8 Å². The highest BCUT2D eigenvalue weighted by Gasteiger charge is 2.44. The van der Waals surface area contributed by atoms with E-state index < -0.39 is 47.0 Å². The molecule has 1 aliphatic carbocycles. The number of carbonyl (C=O) groups is 2. The third-order valence-electron chi connectivity index (χ3n) is 5.76. The van der Waals surface area contributed by atoms with Gasteiger partial charge in [-0.3, -0.25) is 19.7 Å². The molecule has 1 fully saturated rings. The first-order valence-electron chi connectivity index (χ1n) is 10.5. The number of anilines is 1. The zero-order chi connectivity index (χ0) is 25.9. The van der Waals surface area contributed by atoms with Gasteiger partial charge in [-0.15, -0.1) is 0 Å². The maximum Gasteiger partial charge on any atom is 0.471 e. The minimum Gasteiger partial charge on any atom is -0.342 e. The maximum absolute atomic E-state index is 15.4. The summed E-state index contributed by atoms with van der Waals surface area (Å²) in [6.07, 6.45) is -0.632. The molecule has 9 nitrogen and oxygen atoms in total. The smallest absolute Gasteiger partial charge is 0.342 e. The van der Waals surface area contributed by atoms with Gasteiger partial charge in [0.1, 0.15) is 12.0 Å². The summed E-state index contributed by atoms with van der Waals surface area (Å²) in [5, 5.41) is 10.4. The van der Waals surface area contributed by atoms with Crippen molar-refractivity contribution in [3.63, 3.8) is 0 Å². The lowest BCUT2D eigenvalue weighted by Gasteiger charge is -2.19. The van der Waals surface area contributed by atoms with Crippen molar-refractivity contribution in [3.8, 4) is 11.3 Å². The van der Waals surface area contributed by atoms with Crippen LogP contribution in [-0.2, 0) is 9.59 Å². The molecule has 36 heavy (non-hydrogen) atoms. The Balaban J connectivity index is 1.53. The Morgan fingerprint density at radius 3 is 2.67 bits per heavy atom. The van der Waals surface area contributed by atoms with Gasteiger partial charge in [-0.05, 0) is 13.3 Å². The normalized spacial score (nSPS) is 18.4. The molecule has 4 aromatic rings. The number of fused-ring (bicyclic) bond motifs is 2. The molecule has 188 valence electrons. The minimum atomic E-state index is -5.16. The molecular weight excluding hydrogens is 513 g/mol. The van der Waals surface area contributed by atoms with E-state index in [9.17, 15) is 27.2 Å². The van der Waals surface area contributed by atoms with Crippen LogP contribution in [0.15, 0.2) is 24.8 Å². The first-order chi connectivity index (χ1) is 17.0. The Morgan fingerprint density at radius 1 is 1.28 bits per heavy atom. The quantitative estimate of drug-likeness (QED) is 0.338. The van der Waals surface area contributed by atoms with Crippen LogP contribution in [0.25, 0.3) is 27.8 Å². The van der Waals surface area contributed by atoms with E-state index in [0.717, 1.165) is 0 Å². The third-order valence-corrected chi connectivity index (χ3v) is 6.12. The van der Waals surface area contributed by atoms with Crippen LogP contribution in [-0.4, -0.2) is 48.7 Å². The number of nitrogens with one attached hydrogen (secondary N) is 3. The number of benzene rings is 1. The van der Waals surface area contributed by atoms with Crippen molar-refractivity contribution in [2.45, 2.75) is 31.7 Å². The number of halogens is 6. The zero-order valence-corrected chi connectivity index (χ0v) is 18.9. The predicted molar refractivity (Wildman–Crippen MR) is 117 cm³/mol. The molecule has 2 unspecified atom stereocenters. The highest BCUT2D eigenvalue weighted by molar-refractivity contribution is 6.35. The van der Waals surface area contributed by atoms with Crippen LogP contribution in [0.5, 0.6) is 0 Å². The monoisotopic (exact) mass is 527 g/mol. The van der Waals surface area contributed by atoms with Crippen LogP contribution >= 0.6 is 11.6 Å². The maximum atomic E-state index is 15.4. The second kappa shape index (κ2) is 8.40. The summed E-state index contributed by atoms with van der Waals surface area (Å²) in [4.78, 5) is 31.8. The molecular formula is C21H15ClF5N7O2. The number of aromatic nitrogens is 5. The molecule has 0 radical (unpaired) electrons. The molecule has 0 spiro atoms. The molecule has 0 bridgehead atoms. The molecule has 2 amide bonds. The van der Waals surface area contributed by atoms with Crippen molar-refractivity contribution in [1.29, 1.82) is 0 Å². The van der Waals surface area contributed by atoms with Crippen molar-refractivity contribution in [2.75, 3.05) is 5.32 Å². The van der Waals surface area contributed by atoms with Gasteiger partial charge in [0.05, 0.1) is 46.8 Å². The van der Waals surface area contributed by atoms with Gasteiger partial charge in [0, 0.05) is 22.7 Å². The number of amides is 2. The summed E-state index contributed by atoms with van der Waals surface area (Å²) in [5.41, 5.74) is 0.288. The largest absolute Gasteiger partial charge is 0.471 e. The van der Waals surface area contributed by atoms with Gasteiger partial charge in [-0.1, -0.05) is 11.6 Å². The van der Waals surface area contributed by atoms with E-state index in [0.29, 0.717) is 5.65 Å². The van der Waals surface area contributed by atoms with Crippen LogP contribution < -0.4 is 10.6 Å². The van der Waals surface area contributed by atoms with Gasteiger partial charge in [-0.2, -0.15) is 18.3 Å². The third kappa shape index (κ3) is 4.10. The average molecular weight is 528 g/mol. The van der Waals surface area contributed by atoms with E-state index in [1.165, 1.54) is 36.1 Å². The number of nitrogens with zero attached hydrogens (tertiary/aromatic N) is 4. The molecule has 1 aromatic carbocycles. The van der Waals surface area contributed by atoms with Crippen molar-refractivity contribution < 1.29 is 31.5 Å². The van der Waals surface area contributed by atoms with Crippen molar-refractivity contribution in [3.05, 3.63) is 41.2 Å². The molecule has 1 aliphatic rings. The summed E-state index contributed by atoms with van der Waals surface area (Å²) in [5.74, 6) is -4.34. The van der Waals surface area contributed by atoms with E-state index >= 15 is 4.39 Å². The molecule has 3 aromatic heterocycles. The van der Waals surface area contributed by atoms with Crippen LogP contribution in [0.3, 0.4) is 0 Å². The fraction of sp³-hybridized carbons (Fsp3) is 0.286. The second-order valence-corrected chi connectivity index (χ2v) is 8.66. The Kier molecular flexibility index (Phi) is 5.58. The van der Waals surface area contributed by atoms with E-state index in [4.69, 9.17) is 11.6 Å². The molecule has 0 saturated heterocycles. The van der Waals surface area contributed by atoms with Gasteiger partial charge in [0.2, 0.25) is 5.91 Å².